The van der Waals surface area contributed by atoms with E-state index >= 15 is 0 Å². The summed E-state index contributed by atoms with van der Waals surface area (Å²) in [6.45, 7) is 24.7. The summed E-state index contributed by atoms with van der Waals surface area (Å²) in [6, 6.07) is 41.5. The molecule has 2 aliphatic rings. The van der Waals surface area contributed by atoms with Crippen LogP contribution in [0.25, 0.3) is 45.1 Å². The zero-order valence-corrected chi connectivity index (χ0v) is 44.9. The maximum Gasteiger partial charge on any atom is 0.00777 e. The van der Waals surface area contributed by atoms with Crippen molar-refractivity contribution in [3.05, 3.63) is 298 Å². The maximum atomic E-state index is 5.91. The van der Waals surface area contributed by atoms with Crippen molar-refractivity contribution in [2.45, 2.75) is 93.9 Å². The summed E-state index contributed by atoms with van der Waals surface area (Å²) in [5, 5.41) is 0. The number of nitrogens with two attached hydrogens (primary N) is 1. The molecule has 2 aliphatic carbocycles. The lowest BCUT2D eigenvalue weighted by Gasteiger charge is -2.24. The number of aryl methyl sites for hydroxylation is 3. The average molecular weight is 956 g/mol. The van der Waals surface area contributed by atoms with Crippen LogP contribution in [0.3, 0.4) is 0 Å². The molecular weight excluding hydrogens is 879 g/mol. The van der Waals surface area contributed by atoms with Crippen LogP contribution in [0.5, 0.6) is 0 Å². The van der Waals surface area contributed by atoms with Crippen LogP contribution in [0.2, 0.25) is 0 Å². The Bertz CT molecular complexity index is 3100. The van der Waals surface area contributed by atoms with Crippen LogP contribution in [0.15, 0.2) is 248 Å². The van der Waals surface area contributed by atoms with Gasteiger partial charge in [-0.05, 0) is 196 Å². The fraction of sp³-hybridized carbons (Fsp3) is 0.194. The molecular formula is C72H77N. The first kappa shape index (κ1) is 56.0. The highest BCUT2D eigenvalue weighted by Crippen LogP contribution is 2.40. The summed E-state index contributed by atoms with van der Waals surface area (Å²) in [7, 11) is 0. The van der Waals surface area contributed by atoms with Crippen LogP contribution in [0.1, 0.15) is 124 Å². The summed E-state index contributed by atoms with van der Waals surface area (Å²) >= 11 is 0. The molecule has 73 heavy (non-hydrogen) atoms. The SMILES string of the molecule is C=CC=C=C=C\C=C(/C=C(\C=C\C)c1ccccc1)c1ccc(/C=C\C(=C/C=C)c2ccc(C)c(-c3ccccc3CCC)c2)cc1.CC.CC/C(N)=C\C=C(/C)c1ccc2c(c1)CCC1=CCC=CC(C)=C12. The predicted molar refractivity (Wildman–Crippen MR) is 325 cm³/mol. The van der Waals surface area contributed by atoms with Gasteiger partial charge < -0.3 is 5.73 Å². The first-order valence-corrected chi connectivity index (χ1v) is 26.2. The van der Waals surface area contributed by atoms with Gasteiger partial charge in [-0.2, -0.15) is 0 Å². The predicted octanol–water partition coefficient (Wildman–Crippen LogP) is 20.0. The van der Waals surface area contributed by atoms with Gasteiger partial charge in [0.15, 0.2) is 0 Å². The Morgan fingerprint density at radius 2 is 1.37 bits per heavy atom. The van der Waals surface area contributed by atoms with E-state index in [9.17, 15) is 0 Å². The molecule has 1 heteroatoms. The maximum absolute atomic E-state index is 5.91. The Morgan fingerprint density at radius 1 is 0.658 bits per heavy atom. The highest BCUT2D eigenvalue weighted by atomic mass is 14.6. The average Bonchev–Trinajstić information content (AvgIpc) is 3.62. The van der Waals surface area contributed by atoms with Gasteiger partial charge in [-0.25, -0.2) is 0 Å². The fourth-order valence-electron chi connectivity index (χ4n) is 8.94. The van der Waals surface area contributed by atoms with Crippen LogP contribution < -0.4 is 5.73 Å². The molecule has 0 saturated heterocycles. The van der Waals surface area contributed by atoms with E-state index in [0.29, 0.717) is 0 Å². The Labute approximate surface area is 440 Å². The summed E-state index contributed by atoms with van der Waals surface area (Å²) in [6.07, 6.45) is 39.6. The van der Waals surface area contributed by atoms with Crippen molar-refractivity contribution in [3.8, 4) is 11.1 Å². The molecule has 1 nitrogen and oxygen atoms in total. The van der Waals surface area contributed by atoms with Gasteiger partial charge in [0.25, 0.3) is 0 Å². The molecule has 0 heterocycles. The van der Waals surface area contributed by atoms with Crippen LogP contribution in [-0.2, 0) is 12.8 Å². The van der Waals surface area contributed by atoms with E-state index in [2.05, 4.69) is 235 Å². The van der Waals surface area contributed by atoms with Crippen molar-refractivity contribution in [1.82, 2.24) is 0 Å². The van der Waals surface area contributed by atoms with Gasteiger partial charge in [0, 0.05) is 5.70 Å². The van der Waals surface area contributed by atoms with Crippen LogP contribution >= 0.6 is 0 Å². The minimum absolute atomic E-state index is 0.893. The highest BCUT2D eigenvalue weighted by Gasteiger charge is 2.21. The van der Waals surface area contributed by atoms with E-state index in [1.54, 1.807) is 12.2 Å². The van der Waals surface area contributed by atoms with E-state index in [0.717, 1.165) is 77.6 Å². The van der Waals surface area contributed by atoms with E-state index in [4.69, 9.17) is 5.73 Å². The molecule has 0 fully saturated rings. The topological polar surface area (TPSA) is 26.0 Å². The monoisotopic (exact) mass is 956 g/mol. The molecule has 0 aromatic heterocycles. The second-order valence-electron chi connectivity index (χ2n) is 17.9. The Balaban J connectivity index is 0.000000317. The van der Waals surface area contributed by atoms with Crippen LogP contribution in [-0.4, -0.2) is 0 Å². The zero-order chi connectivity index (χ0) is 52.4. The molecule has 0 unspecified atom stereocenters. The normalized spacial score (nSPS) is 13.8. The smallest absolute Gasteiger partial charge is 0.00777 e. The molecule has 5 aromatic rings. The summed E-state index contributed by atoms with van der Waals surface area (Å²) in [4.78, 5) is 0. The molecule has 0 aliphatic heterocycles. The van der Waals surface area contributed by atoms with Crippen molar-refractivity contribution in [2.24, 2.45) is 5.73 Å². The second-order valence-corrected chi connectivity index (χ2v) is 17.9. The van der Waals surface area contributed by atoms with Gasteiger partial charge in [-0.1, -0.05) is 235 Å². The molecule has 0 atom stereocenters. The van der Waals surface area contributed by atoms with Gasteiger partial charge >= 0.3 is 0 Å². The first-order valence-electron chi connectivity index (χ1n) is 26.2. The fourth-order valence-corrected chi connectivity index (χ4v) is 8.94. The van der Waals surface area contributed by atoms with Crippen molar-refractivity contribution >= 4 is 33.9 Å². The van der Waals surface area contributed by atoms with Gasteiger partial charge in [-0.15, -0.1) is 0 Å². The molecule has 7 rings (SSSR count). The molecule has 0 radical (unpaired) electrons. The van der Waals surface area contributed by atoms with Crippen molar-refractivity contribution < 1.29 is 0 Å². The van der Waals surface area contributed by atoms with Gasteiger partial charge in [0.05, 0.1) is 0 Å². The number of hydrogen-bond donors (Lipinski definition) is 1. The van der Waals surface area contributed by atoms with Gasteiger partial charge in [0.2, 0.25) is 0 Å². The largest absolute Gasteiger partial charge is 0.402 e. The third-order valence-electron chi connectivity index (χ3n) is 12.8. The second kappa shape index (κ2) is 30.1. The lowest BCUT2D eigenvalue weighted by Crippen LogP contribution is -2.06. The number of hydrogen-bond acceptors (Lipinski definition) is 1. The number of fused-ring (bicyclic) bond motifs is 3. The van der Waals surface area contributed by atoms with E-state index in [1.165, 1.54) is 66.8 Å². The summed E-state index contributed by atoms with van der Waals surface area (Å²) in [5.74, 6) is 0. The molecule has 0 bridgehead atoms. The third kappa shape index (κ3) is 16.3. The van der Waals surface area contributed by atoms with Crippen LogP contribution in [0, 0.1) is 6.92 Å². The van der Waals surface area contributed by atoms with Crippen molar-refractivity contribution in [1.29, 1.82) is 0 Å². The van der Waals surface area contributed by atoms with Crippen molar-refractivity contribution in [2.75, 3.05) is 0 Å². The molecule has 0 spiro atoms. The lowest BCUT2D eigenvalue weighted by atomic mass is 9.80. The Kier molecular flexibility index (Phi) is 23.1. The van der Waals surface area contributed by atoms with E-state index in [1.807, 2.05) is 45.1 Å². The van der Waals surface area contributed by atoms with Gasteiger partial charge in [-0.3, -0.25) is 0 Å². The summed E-state index contributed by atoms with van der Waals surface area (Å²) in [5.41, 5.74) is 35.9. The molecule has 370 valence electrons. The molecule has 0 amide bonds. The lowest BCUT2D eigenvalue weighted by molar-refractivity contribution is 0.923. The van der Waals surface area contributed by atoms with E-state index < -0.39 is 0 Å². The Hall–Kier alpha value is -7.92. The number of allylic oxidation sites excluding steroid dienone is 23. The summed E-state index contributed by atoms with van der Waals surface area (Å²) < 4.78 is 0. The van der Waals surface area contributed by atoms with Gasteiger partial charge in [0.1, 0.15) is 0 Å². The van der Waals surface area contributed by atoms with E-state index in [-0.39, 0.29) is 0 Å². The molecule has 0 saturated carbocycles. The minimum Gasteiger partial charge on any atom is -0.402 e. The third-order valence-corrected chi connectivity index (χ3v) is 12.8. The molecule has 5 aromatic carbocycles. The quantitative estimate of drug-likeness (QED) is 0.0774. The standard InChI is InChI=1S/C47H44.C23H27N.C2H6/c1-6-10-11-12-14-25-44(35-43(21-9-4)40-22-15-13-16-23-40)41-33-29-38(30-34-41)28-32-39(19-7-2)45-31-27-37(5)47(36-45)46-26-18-17-24-42(46)20-8-3;1-4-21(24)13-9-16(2)19-12-14-22-20(15-19)11-10-18-8-6-5-7-17(3)23(18)22;1-2/h6-7,9-10,13-19,21-36H,1-2,8,20H2,3-5H3;5,7-9,12-15H,4,6,10-11,24H2,1-3H3;1-2H3/b14-10?,21-9+,32-28-,39-19+,43-35+,44-25+;16-9+,21-13+;. The van der Waals surface area contributed by atoms with Crippen molar-refractivity contribution in [3.63, 3.8) is 0 Å². The molecule has 2 N–H and O–H groups in total. The Morgan fingerprint density at radius 3 is 2.10 bits per heavy atom. The highest BCUT2D eigenvalue weighted by molar-refractivity contribution is 5.89. The minimum atomic E-state index is 0.893. The number of benzene rings is 5. The zero-order valence-electron chi connectivity index (χ0n) is 44.9. The van der Waals surface area contributed by atoms with Crippen LogP contribution in [0.4, 0.5) is 0 Å². The first-order chi connectivity index (χ1) is 35.7. The number of rotatable bonds is 16.